The van der Waals surface area contributed by atoms with E-state index in [0.717, 1.165) is 0 Å². The summed E-state index contributed by atoms with van der Waals surface area (Å²) in [5, 5.41) is 16.1. The molecule has 64 valence electrons. The first-order chi connectivity index (χ1) is 4.65. The molecule has 0 aliphatic carbocycles. The van der Waals surface area contributed by atoms with Gasteiger partial charge in [-0.25, -0.2) is 0 Å². The molecule has 0 amide bonds. The van der Waals surface area contributed by atoms with Gasteiger partial charge in [0.05, 0.1) is 13.2 Å². The summed E-state index contributed by atoms with van der Waals surface area (Å²) < 4.78 is 4.73. The molecule has 0 heterocycles. The number of aliphatic hydroxyl groups is 2. The van der Waals surface area contributed by atoms with Gasteiger partial charge in [0.15, 0.2) is 0 Å². The van der Waals surface area contributed by atoms with Crippen LogP contribution in [0.15, 0.2) is 0 Å². The van der Waals surface area contributed by atoms with Crippen LogP contribution < -0.4 is 0 Å². The lowest BCUT2D eigenvalue weighted by Gasteiger charge is -1.91. The van der Waals surface area contributed by atoms with Crippen LogP contribution in [-0.2, 0) is 4.74 Å². The van der Waals surface area contributed by atoms with Crippen molar-refractivity contribution >= 4 is 0 Å². The number of ether oxygens (including phenoxy) is 1. The Labute approximate surface area is 62.6 Å². The van der Waals surface area contributed by atoms with E-state index in [-0.39, 0.29) is 12.7 Å². The van der Waals surface area contributed by atoms with Gasteiger partial charge < -0.3 is 14.9 Å². The van der Waals surface area contributed by atoms with Crippen molar-refractivity contribution in [2.75, 3.05) is 19.8 Å². The lowest BCUT2D eigenvalue weighted by molar-refractivity contribution is 0.102. The largest absolute Gasteiger partial charge is 0.394 e. The third kappa shape index (κ3) is 45.0. The average Bonchev–Trinajstić information content (AvgIpc) is 1.82. The molecule has 0 spiro atoms. The molecule has 0 aliphatic rings. The number of rotatable bonds is 3. The average molecular weight is 150 g/mol. The Morgan fingerprint density at radius 2 is 1.80 bits per heavy atom. The Hall–Kier alpha value is -0.120. The Kier molecular flexibility index (Phi) is 14.6. The van der Waals surface area contributed by atoms with E-state index in [0.29, 0.717) is 13.2 Å². The van der Waals surface area contributed by atoms with Crippen LogP contribution >= 0.6 is 0 Å². The highest BCUT2D eigenvalue weighted by atomic mass is 16.5. The Balaban J connectivity index is 0. The van der Waals surface area contributed by atoms with Gasteiger partial charge in [-0.05, 0) is 20.8 Å². The predicted molar refractivity (Wildman–Crippen MR) is 40.9 cm³/mol. The van der Waals surface area contributed by atoms with Crippen LogP contribution in [0.1, 0.15) is 20.8 Å². The van der Waals surface area contributed by atoms with Gasteiger partial charge >= 0.3 is 0 Å². The highest BCUT2D eigenvalue weighted by Gasteiger charge is 1.73. The van der Waals surface area contributed by atoms with Gasteiger partial charge in [-0.15, -0.1) is 0 Å². The van der Waals surface area contributed by atoms with Gasteiger partial charge in [-0.1, -0.05) is 0 Å². The molecule has 2 N–H and O–H groups in total. The second-order valence-corrected chi connectivity index (χ2v) is 2.01. The zero-order valence-electron chi connectivity index (χ0n) is 7.00. The van der Waals surface area contributed by atoms with Crippen LogP contribution in [0.2, 0.25) is 0 Å². The van der Waals surface area contributed by atoms with Crippen LogP contribution in [0.3, 0.4) is 0 Å². The van der Waals surface area contributed by atoms with Crippen LogP contribution in [-0.4, -0.2) is 36.1 Å². The second kappa shape index (κ2) is 11.6. The predicted octanol–water partition coefficient (Wildman–Crippen LogP) is 0.402. The fourth-order valence-electron chi connectivity index (χ4n) is 0.209. The standard InChI is InChI=1S/C4H10O2.C3H8O/c1-2-6-4-3-5;1-3(2)4/h5H,2-4H2,1H3;3-4H,1-2H3. The van der Waals surface area contributed by atoms with E-state index in [1.54, 1.807) is 13.8 Å². The van der Waals surface area contributed by atoms with Crippen molar-refractivity contribution in [1.82, 2.24) is 0 Å². The molecular weight excluding hydrogens is 132 g/mol. The molecule has 0 aromatic heterocycles. The Morgan fingerprint density at radius 1 is 1.40 bits per heavy atom. The zero-order valence-corrected chi connectivity index (χ0v) is 7.00. The van der Waals surface area contributed by atoms with Crippen LogP contribution in [0.4, 0.5) is 0 Å². The maximum Gasteiger partial charge on any atom is 0.0697 e. The van der Waals surface area contributed by atoms with Crippen LogP contribution in [0.5, 0.6) is 0 Å². The molecule has 3 nitrogen and oxygen atoms in total. The molecule has 0 saturated heterocycles. The van der Waals surface area contributed by atoms with E-state index in [1.165, 1.54) is 0 Å². The molecule has 0 saturated carbocycles. The molecule has 0 atom stereocenters. The highest BCUT2D eigenvalue weighted by molar-refractivity contribution is 4.20. The first-order valence-electron chi connectivity index (χ1n) is 3.51. The van der Waals surface area contributed by atoms with E-state index in [4.69, 9.17) is 14.9 Å². The monoisotopic (exact) mass is 150 g/mol. The summed E-state index contributed by atoms with van der Waals surface area (Å²) in [6, 6.07) is 0. The number of aliphatic hydroxyl groups excluding tert-OH is 2. The molecule has 0 aromatic rings. The Morgan fingerprint density at radius 3 is 1.90 bits per heavy atom. The van der Waals surface area contributed by atoms with Crippen molar-refractivity contribution in [3.05, 3.63) is 0 Å². The molecule has 0 aromatic carbocycles. The van der Waals surface area contributed by atoms with Gasteiger partial charge in [-0.3, -0.25) is 0 Å². The van der Waals surface area contributed by atoms with Crippen LogP contribution in [0, 0.1) is 0 Å². The minimum Gasteiger partial charge on any atom is -0.394 e. The van der Waals surface area contributed by atoms with Gasteiger partial charge in [0.1, 0.15) is 0 Å². The summed E-state index contributed by atoms with van der Waals surface area (Å²) in [4.78, 5) is 0. The van der Waals surface area contributed by atoms with Gasteiger partial charge in [0.2, 0.25) is 0 Å². The van der Waals surface area contributed by atoms with Crippen molar-refractivity contribution in [1.29, 1.82) is 0 Å². The third-order valence-electron chi connectivity index (χ3n) is 0.440. The van der Waals surface area contributed by atoms with Gasteiger partial charge in [-0.2, -0.15) is 0 Å². The zero-order chi connectivity index (χ0) is 8.41. The normalized spacial score (nSPS) is 9.00. The van der Waals surface area contributed by atoms with Gasteiger partial charge in [0, 0.05) is 12.7 Å². The quantitative estimate of drug-likeness (QED) is 0.573. The van der Waals surface area contributed by atoms with E-state index < -0.39 is 0 Å². The SMILES string of the molecule is CC(C)O.CCOCCO. The molecule has 0 aliphatic heterocycles. The summed E-state index contributed by atoms with van der Waals surface area (Å²) in [7, 11) is 0. The fourth-order valence-corrected chi connectivity index (χ4v) is 0.209. The van der Waals surface area contributed by atoms with Crippen molar-refractivity contribution in [3.8, 4) is 0 Å². The Bertz CT molecular complexity index is 39.4. The van der Waals surface area contributed by atoms with Crippen molar-refractivity contribution in [2.24, 2.45) is 0 Å². The van der Waals surface area contributed by atoms with Crippen molar-refractivity contribution < 1.29 is 14.9 Å². The van der Waals surface area contributed by atoms with E-state index in [1.807, 2.05) is 6.92 Å². The van der Waals surface area contributed by atoms with Crippen molar-refractivity contribution in [2.45, 2.75) is 26.9 Å². The summed E-state index contributed by atoms with van der Waals surface area (Å²) in [6.45, 7) is 6.64. The van der Waals surface area contributed by atoms with E-state index in [9.17, 15) is 0 Å². The summed E-state index contributed by atoms with van der Waals surface area (Å²) in [5.74, 6) is 0. The lowest BCUT2D eigenvalue weighted by atomic mass is 10.5. The highest BCUT2D eigenvalue weighted by Crippen LogP contribution is 1.66. The minimum absolute atomic E-state index is 0.133. The van der Waals surface area contributed by atoms with Crippen LogP contribution in [0.25, 0.3) is 0 Å². The molecule has 0 bridgehead atoms. The summed E-state index contributed by atoms with van der Waals surface area (Å²) in [6.07, 6.45) is -0.167. The maximum absolute atomic E-state index is 8.07. The molecule has 0 unspecified atom stereocenters. The van der Waals surface area contributed by atoms with E-state index in [2.05, 4.69) is 0 Å². The molecule has 3 heteroatoms. The topological polar surface area (TPSA) is 49.7 Å². The lowest BCUT2D eigenvalue weighted by Crippen LogP contribution is -1.96. The molecular formula is C7H18O3. The minimum atomic E-state index is -0.167. The van der Waals surface area contributed by atoms with Crippen molar-refractivity contribution in [3.63, 3.8) is 0 Å². The summed E-state index contributed by atoms with van der Waals surface area (Å²) in [5.41, 5.74) is 0. The molecule has 0 fully saturated rings. The first kappa shape index (κ1) is 12.5. The molecule has 0 rings (SSSR count). The fraction of sp³-hybridized carbons (Fsp3) is 1.00. The maximum atomic E-state index is 8.07. The number of hydrogen-bond acceptors (Lipinski definition) is 3. The smallest absolute Gasteiger partial charge is 0.0697 e. The van der Waals surface area contributed by atoms with Gasteiger partial charge in [0.25, 0.3) is 0 Å². The van der Waals surface area contributed by atoms with E-state index >= 15 is 0 Å². The number of hydrogen-bond donors (Lipinski definition) is 2. The third-order valence-corrected chi connectivity index (χ3v) is 0.440. The first-order valence-corrected chi connectivity index (χ1v) is 3.51. The molecule has 0 radical (unpaired) electrons. The second-order valence-electron chi connectivity index (χ2n) is 2.01. The summed E-state index contributed by atoms with van der Waals surface area (Å²) >= 11 is 0. The molecule has 10 heavy (non-hydrogen) atoms.